The van der Waals surface area contributed by atoms with Crippen molar-refractivity contribution in [2.75, 3.05) is 13.4 Å². The van der Waals surface area contributed by atoms with E-state index in [0.29, 0.717) is 11.1 Å². The lowest BCUT2D eigenvalue weighted by Gasteiger charge is -2.67. The second-order valence-corrected chi connectivity index (χ2v) is 19.4. The largest absolute Gasteiger partial charge is 0.456 e. The molecular formula is C55H59NO15. The van der Waals surface area contributed by atoms with Crippen molar-refractivity contribution in [1.29, 1.82) is 0 Å². The Hall–Kier alpha value is -6.56. The quantitative estimate of drug-likeness (QED) is 0.0413. The number of Topliss-reactive ketones (excluding diaryl/α,β-unsaturated/α-hetero) is 1. The second kappa shape index (κ2) is 20.3. The first-order chi connectivity index (χ1) is 33.8. The Labute approximate surface area is 411 Å². The second-order valence-electron chi connectivity index (χ2n) is 19.4. The highest BCUT2D eigenvalue weighted by Gasteiger charge is 2.78. The van der Waals surface area contributed by atoms with Crippen LogP contribution >= 0.6 is 0 Å². The Morgan fingerprint density at radius 3 is 1.96 bits per heavy atom. The number of nitrogens with one attached hydrogen (secondary N) is 1. The van der Waals surface area contributed by atoms with Gasteiger partial charge in [-0.25, -0.2) is 9.59 Å². The number of amides is 1. The maximum Gasteiger partial charge on any atom is 0.338 e. The molecule has 1 amide bonds. The Morgan fingerprint density at radius 1 is 0.789 bits per heavy atom. The topological polar surface area (TPSA) is 220 Å². The van der Waals surface area contributed by atoms with Crippen molar-refractivity contribution in [3.63, 3.8) is 0 Å². The molecule has 16 nitrogen and oxygen atoms in total. The third kappa shape index (κ3) is 9.42. The molecule has 0 aromatic heterocycles. The molecule has 4 aromatic carbocycles. The number of benzene rings is 4. The molecular weight excluding hydrogens is 915 g/mol. The molecule has 0 spiro atoms. The fraction of sp³-hybridized carbons (Fsp3) is 0.418. The summed E-state index contributed by atoms with van der Waals surface area (Å²) in [6.07, 6.45) is -10.1. The molecule has 3 N–H and O–H groups in total. The van der Waals surface area contributed by atoms with Crippen molar-refractivity contribution in [3.05, 3.63) is 155 Å². The average molecular weight is 974 g/mol. The molecule has 3 fully saturated rings. The molecule has 2 saturated carbocycles. The van der Waals surface area contributed by atoms with Gasteiger partial charge >= 0.3 is 23.9 Å². The molecule has 4 aromatic rings. The summed E-state index contributed by atoms with van der Waals surface area (Å²) < 4.78 is 43.2. The summed E-state index contributed by atoms with van der Waals surface area (Å²) >= 11 is 0. The van der Waals surface area contributed by atoms with Gasteiger partial charge in [-0.3, -0.25) is 19.2 Å². The molecule has 1 aliphatic heterocycles. The highest BCUT2D eigenvalue weighted by molar-refractivity contribution is 5.96. The van der Waals surface area contributed by atoms with E-state index >= 15 is 9.59 Å². The number of hydrogen-bond donors (Lipinski definition) is 3. The van der Waals surface area contributed by atoms with E-state index in [1.807, 2.05) is 30.3 Å². The summed E-state index contributed by atoms with van der Waals surface area (Å²) in [7, 11) is 0. The van der Waals surface area contributed by atoms with E-state index in [1.54, 1.807) is 99.6 Å². The minimum atomic E-state index is -2.40. The number of hydrogen-bond acceptors (Lipinski definition) is 15. The molecule has 374 valence electrons. The van der Waals surface area contributed by atoms with Crippen molar-refractivity contribution in [2.45, 2.75) is 115 Å². The number of rotatable bonds is 15. The van der Waals surface area contributed by atoms with Gasteiger partial charge in [-0.15, -0.1) is 0 Å². The van der Waals surface area contributed by atoms with Crippen LogP contribution in [0.2, 0.25) is 0 Å². The lowest BCUT2D eigenvalue weighted by Crippen LogP contribution is -2.82. The fourth-order valence-electron chi connectivity index (χ4n) is 11.2. The van der Waals surface area contributed by atoms with Crippen LogP contribution in [0.1, 0.15) is 92.3 Å². The van der Waals surface area contributed by atoms with Crippen LogP contribution in [0.5, 0.6) is 0 Å². The van der Waals surface area contributed by atoms with Crippen molar-refractivity contribution in [3.8, 4) is 0 Å². The van der Waals surface area contributed by atoms with Crippen LogP contribution in [-0.2, 0) is 58.9 Å². The number of aliphatic hydroxyl groups is 2. The first-order valence-electron chi connectivity index (χ1n) is 23.6. The molecule has 2 bridgehead atoms. The van der Waals surface area contributed by atoms with Crippen LogP contribution in [0.4, 0.5) is 0 Å². The van der Waals surface area contributed by atoms with Gasteiger partial charge in [0.05, 0.1) is 42.3 Å². The SMILES string of the molecule is CC(=O)O[C@H]1C(=O)[C@@]2(C)[C@H]([C@H](OC(=O)c3ccccc3)[C@]3(O)C[C@H](OC(=O)[C@H](OCOCc4ccccc4)[C@@H](NC(=O)c4ccccc4)c4ccccc4)C(C)=C1C3(C)C)[C@]1(OC(C)=O)CO[C@@H]1C[C@@H]2O. The minimum absolute atomic E-state index is 0.0195. The summed E-state index contributed by atoms with van der Waals surface area (Å²) in [5.74, 6) is -6.56. The zero-order valence-electron chi connectivity index (χ0n) is 40.4. The summed E-state index contributed by atoms with van der Waals surface area (Å²) in [5.41, 5.74) is -6.05. The van der Waals surface area contributed by atoms with E-state index in [0.717, 1.165) is 12.5 Å². The number of esters is 4. The van der Waals surface area contributed by atoms with Crippen LogP contribution in [0, 0.1) is 16.7 Å². The number of carbonyl (C=O) groups is 6. The third-order valence-corrected chi connectivity index (χ3v) is 14.9. The lowest BCUT2D eigenvalue weighted by molar-refractivity contribution is -0.346. The highest BCUT2D eigenvalue weighted by atomic mass is 16.7. The third-order valence-electron chi connectivity index (χ3n) is 14.9. The fourth-order valence-corrected chi connectivity index (χ4v) is 11.2. The predicted octanol–water partition coefficient (Wildman–Crippen LogP) is 5.93. The Morgan fingerprint density at radius 2 is 1.38 bits per heavy atom. The van der Waals surface area contributed by atoms with Crippen LogP contribution in [-0.4, -0.2) is 107 Å². The number of aliphatic hydroxyl groups excluding tert-OH is 1. The Balaban J connectivity index is 1.27. The van der Waals surface area contributed by atoms with Crippen LogP contribution in [0.15, 0.2) is 132 Å². The molecule has 1 saturated heterocycles. The average Bonchev–Trinajstić information content (AvgIpc) is 3.35. The number of ketones is 1. The number of carbonyl (C=O) groups excluding carboxylic acids is 6. The molecule has 11 atom stereocenters. The molecule has 1 heterocycles. The van der Waals surface area contributed by atoms with Gasteiger partial charge < -0.3 is 48.7 Å². The summed E-state index contributed by atoms with van der Waals surface area (Å²) in [4.78, 5) is 85.8. The van der Waals surface area contributed by atoms with Crippen molar-refractivity contribution < 1.29 is 72.1 Å². The first kappa shape index (κ1) is 50.8. The van der Waals surface area contributed by atoms with Gasteiger partial charge in [0.1, 0.15) is 30.7 Å². The molecule has 3 aliphatic carbocycles. The van der Waals surface area contributed by atoms with Gasteiger partial charge in [0.2, 0.25) is 0 Å². The maximum absolute atomic E-state index is 15.7. The first-order valence-corrected chi connectivity index (χ1v) is 23.6. The van der Waals surface area contributed by atoms with E-state index in [9.17, 15) is 29.4 Å². The molecule has 0 radical (unpaired) electrons. The van der Waals surface area contributed by atoms with Crippen LogP contribution < -0.4 is 5.32 Å². The molecule has 8 rings (SSSR count). The highest BCUT2D eigenvalue weighted by Crippen LogP contribution is 2.64. The molecule has 71 heavy (non-hydrogen) atoms. The Bertz CT molecular complexity index is 2660. The van der Waals surface area contributed by atoms with Gasteiger partial charge in [-0.2, -0.15) is 0 Å². The smallest absolute Gasteiger partial charge is 0.338 e. The monoisotopic (exact) mass is 973 g/mol. The molecule has 16 heteroatoms. The van der Waals surface area contributed by atoms with E-state index in [4.69, 9.17) is 33.2 Å². The van der Waals surface area contributed by atoms with Gasteiger partial charge in [-0.05, 0) is 60.4 Å². The predicted molar refractivity (Wildman–Crippen MR) is 253 cm³/mol. The molecule has 0 unspecified atom stereocenters. The van der Waals surface area contributed by atoms with Gasteiger partial charge in [0.25, 0.3) is 5.91 Å². The minimum Gasteiger partial charge on any atom is -0.456 e. The lowest BCUT2D eigenvalue weighted by atomic mass is 9.44. The van der Waals surface area contributed by atoms with E-state index in [1.165, 1.54) is 26.0 Å². The zero-order valence-corrected chi connectivity index (χ0v) is 40.4. The van der Waals surface area contributed by atoms with Crippen LogP contribution in [0.3, 0.4) is 0 Å². The van der Waals surface area contributed by atoms with E-state index in [-0.39, 0.29) is 36.3 Å². The van der Waals surface area contributed by atoms with E-state index in [2.05, 4.69) is 5.32 Å². The van der Waals surface area contributed by atoms with Crippen molar-refractivity contribution in [1.82, 2.24) is 5.32 Å². The standard InChI is InChI=1S/C55H59NO15/c1-32-39(69-51(63)45(67-31-65-29-35-19-11-7-12-20-35)43(36-21-13-8-14-22-36)56-49(61)37-23-15-9-16-24-37)28-55(64)48(70-50(62)38-25-17-10-18-26-38)46-53(6,40(59)27-41-54(46,30-66-41)71-34(3)58)47(60)44(68-33(2)57)42(32)52(55,4)5/h7-26,39-41,43-46,48,59,64H,27-31H2,1-6H3,(H,56,61)/t39-,40-,41+,43-,44+,45+,46-,48-,53+,54-,55+/m0/s1. The summed E-state index contributed by atoms with van der Waals surface area (Å²) in [5, 5.41) is 29.1. The summed E-state index contributed by atoms with van der Waals surface area (Å²) in [6, 6.07) is 33.0. The van der Waals surface area contributed by atoms with Gasteiger partial charge in [0, 0.05) is 37.7 Å². The number of fused-ring (bicyclic) bond motifs is 5. The van der Waals surface area contributed by atoms with E-state index < -0.39 is 119 Å². The van der Waals surface area contributed by atoms with Crippen molar-refractivity contribution >= 4 is 35.6 Å². The van der Waals surface area contributed by atoms with Gasteiger partial charge in [-0.1, -0.05) is 111 Å². The normalized spacial score (nSPS) is 29.3. The Kier molecular flexibility index (Phi) is 14.5. The van der Waals surface area contributed by atoms with Crippen LogP contribution in [0.25, 0.3) is 0 Å². The van der Waals surface area contributed by atoms with Crippen molar-refractivity contribution in [2.24, 2.45) is 16.7 Å². The zero-order chi connectivity index (χ0) is 50.9. The van der Waals surface area contributed by atoms with Gasteiger partial charge in [0.15, 0.2) is 23.6 Å². The summed E-state index contributed by atoms with van der Waals surface area (Å²) in [6.45, 7) is 7.79. The maximum atomic E-state index is 15.7. The molecule has 4 aliphatic rings. The number of ether oxygens (including phenoxy) is 7.